The van der Waals surface area contributed by atoms with Crippen LogP contribution in [0.4, 0.5) is 0 Å². The molecule has 1 fully saturated rings. The van der Waals surface area contributed by atoms with Gasteiger partial charge in [-0.2, -0.15) is 0 Å². The number of carboxylic acids is 1. The number of nitrogens with zero attached hydrogens (tertiary/aromatic N) is 1. The molecule has 110 valence electrons. The molecule has 0 amide bonds. The van der Waals surface area contributed by atoms with E-state index in [0.717, 1.165) is 19.3 Å². The number of unbranched alkanes of at least 4 members (excludes halogenated alkanes) is 2. The van der Waals surface area contributed by atoms with Crippen molar-refractivity contribution in [2.75, 3.05) is 32.9 Å². The maximum absolute atomic E-state index is 12.0. The summed E-state index contributed by atoms with van der Waals surface area (Å²) in [6.45, 7) is 4.64. The minimum atomic E-state index is -0.984. The molecule has 1 aliphatic rings. The molecule has 0 spiro atoms. The van der Waals surface area contributed by atoms with Crippen molar-refractivity contribution in [3.63, 3.8) is 0 Å². The zero-order chi connectivity index (χ0) is 14.1. The Balaban J connectivity index is 2.46. The standard InChI is InChI=1S/C13H23NO5/c1-2-3-4-7-19-13(17)11(10-12(15)16)14-5-8-18-9-6-14/h11H,2-10H2,1H3,(H,15,16). The van der Waals surface area contributed by atoms with Gasteiger partial charge in [0.05, 0.1) is 26.2 Å². The topological polar surface area (TPSA) is 76.1 Å². The maximum Gasteiger partial charge on any atom is 0.323 e. The molecule has 6 nitrogen and oxygen atoms in total. The first kappa shape index (κ1) is 15.9. The highest BCUT2D eigenvalue weighted by atomic mass is 16.5. The number of carbonyl (C=O) groups is 2. The summed E-state index contributed by atoms with van der Waals surface area (Å²) in [7, 11) is 0. The van der Waals surface area contributed by atoms with Crippen molar-refractivity contribution in [1.29, 1.82) is 0 Å². The third kappa shape index (κ3) is 6.02. The van der Waals surface area contributed by atoms with Crippen molar-refractivity contribution in [3.8, 4) is 0 Å². The van der Waals surface area contributed by atoms with E-state index in [1.807, 2.05) is 4.90 Å². The Morgan fingerprint density at radius 1 is 1.32 bits per heavy atom. The highest BCUT2D eigenvalue weighted by Crippen LogP contribution is 2.10. The van der Waals surface area contributed by atoms with Crippen LogP contribution in [0, 0.1) is 0 Å². The summed E-state index contributed by atoms with van der Waals surface area (Å²) < 4.78 is 10.4. The Hall–Kier alpha value is -1.14. The summed E-state index contributed by atoms with van der Waals surface area (Å²) in [5.74, 6) is -1.41. The van der Waals surface area contributed by atoms with Gasteiger partial charge in [-0.05, 0) is 6.42 Å². The number of morpholine rings is 1. The van der Waals surface area contributed by atoms with Crippen LogP contribution in [0.5, 0.6) is 0 Å². The van der Waals surface area contributed by atoms with Crippen LogP contribution in [-0.4, -0.2) is 60.9 Å². The Kier molecular flexibility index (Phi) is 7.43. The summed E-state index contributed by atoms with van der Waals surface area (Å²) in [6.07, 6.45) is 2.67. The van der Waals surface area contributed by atoms with E-state index in [0.29, 0.717) is 32.9 Å². The zero-order valence-electron chi connectivity index (χ0n) is 11.5. The lowest BCUT2D eigenvalue weighted by molar-refractivity contribution is -0.156. The molecule has 0 radical (unpaired) electrons. The molecule has 0 aliphatic carbocycles. The van der Waals surface area contributed by atoms with Crippen LogP contribution in [0.25, 0.3) is 0 Å². The number of aliphatic carboxylic acids is 1. The number of carboxylic acid groups (broad SMARTS) is 1. The molecule has 0 bridgehead atoms. The van der Waals surface area contributed by atoms with Crippen molar-refractivity contribution >= 4 is 11.9 Å². The Bertz CT molecular complexity index is 289. The highest BCUT2D eigenvalue weighted by Gasteiger charge is 2.30. The van der Waals surface area contributed by atoms with Gasteiger partial charge in [-0.25, -0.2) is 0 Å². The minimum Gasteiger partial charge on any atom is -0.481 e. The molecular formula is C13H23NO5. The van der Waals surface area contributed by atoms with Crippen LogP contribution in [0.2, 0.25) is 0 Å². The number of esters is 1. The Labute approximate surface area is 113 Å². The van der Waals surface area contributed by atoms with Crippen LogP contribution in [0.1, 0.15) is 32.6 Å². The van der Waals surface area contributed by atoms with E-state index in [-0.39, 0.29) is 6.42 Å². The van der Waals surface area contributed by atoms with Gasteiger partial charge in [0.2, 0.25) is 0 Å². The van der Waals surface area contributed by atoms with Crippen LogP contribution < -0.4 is 0 Å². The summed E-state index contributed by atoms with van der Waals surface area (Å²) in [6, 6.07) is -0.692. The largest absolute Gasteiger partial charge is 0.481 e. The average Bonchev–Trinajstić information content (AvgIpc) is 2.41. The van der Waals surface area contributed by atoms with Crippen molar-refractivity contribution in [3.05, 3.63) is 0 Å². The molecule has 0 saturated carbocycles. The number of ether oxygens (including phenoxy) is 2. The van der Waals surface area contributed by atoms with Crippen molar-refractivity contribution in [2.24, 2.45) is 0 Å². The van der Waals surface area contributed by atoms with Crippen molar-refractivity contribution < 1.29 is 24.2 Å². The summed E-state index contributed by atoms with van der Waals surface area (Å²) in [4.78, 5) is 24.7. The van der Waals surface area contributed by atoms with Crippen molar-refractivity contribution in [2.45, 2.75) is 38.6 Å². The highest BCUT2D eigenvalue weighted by molar-refractivity contribution is 5.82. The molecule has 6 heteroatoms. The second-order valence-corrected chi connectivity index (χ2v) is 4.64. The monoisotopic (exact) mass is 273 g/mol. The molecule has 1 heterocycles. The van der Waals surface area contributed by atoms with E-state index >= 15 is 0 Å². The SMILES string of the molecule is CCCCCOC(=O)C(CC(=O)O)N1CCOCC1. The second-order valence-electron chi connectivity index (χ2n) is 4.64. The molecule has 1 aliphatic heterocycles. The number of rotatable bonds is 8. The molecular weight excluding hydrogens is 250 g/mol. The summed E-state index contributed by atoms with van der Waals surface area (Å²) in [5, 5.41) is 8.91. The molecule has 1 saturated heterocycles. The maximum atomic E-state index is 12.0. The van der Waals surface area contributed by atoms with Gasteiger partial charge >= 0.3 is 11.9 Å². The molecule has 0 aromatic rings. The molecule has 0 aromatic carbocycles. The first-order valence-corrected chi connectivity index (χ1v) is 6.85. The lowest BCUT2D eigenvalue weighted by Crippen LogP contribution is -2.49. The number of hydrogen-bond acceptors (Lipinski definition) is 5. The van der Waals surface area contributed by atoms with Gasteiger partial charge in [0.25, 0.3) is 0 Å². The molecule has 1 rings (SSSR count). The second kappa shape index (κ2) is 8.87. The van der Waals surface area contributed by atoms with E-state index in [1.54, 1.807) is 0 Å². The summed E-state index contributed by atoms with van der Waals surface area (Å²) in [5.41, 5.74) is 0. The Morgan fingerprint density at radius 2 is 2.00 bits per heavy atom. The van der Waals surface area contributed by atoms with E-state index in [4.69, 9.17) is 14.6 Å². The molecule has 1 N–H and O–H groups in total. The van der Waals surface area contributed by atoms with Crippen LogP contribution in [0.3, 0.4) is 0 Å². The fourth-order valence-electron chi connectivity index (χ4n) is 2.04. The predicted molar refractivity (Wildman–Crippen MR) is 68.9 cm³/mol. The van der Waals surface area contributed by atoms with Crippen LogP contribution >= 0.6 is 0 Å². The third-order valence-electron chi connectivity index (χ3n) is 3.12. The predicted octanol–water partition coefficient (Wildman–Crippen LogP) is 0.895. The summed E-state index contributed by atoms with van der Waals surface area (Å²) >= 11 is 0. The number of hydrogen-bond donors (Lipinski definition) is 1. The fraction of sp³-hybridized carbons (Fsp3) is 0.846. The molecule has 1 unspecified atom stereocenters. The lowest BCUT2D eigenvalue weighted by Gasteiger charge is -2.32. The van der Waals surface area contributed by atoms with Gasteiger partial charge in [0.15, 0.2) is 0 Å². The lowest BCUT2D eigenvalue weighted by atomic mass is 10.1. The van der Waals surface area contributed by atoms with Gasteiger partial charge in [-0.3, -0.25) is 14.5 Å². The average molecular weight is 273 g/mol. The smallest absolute Gasteiger partial charge is 0.323 e. The van der Waals surface area contributed by atoms with Gasteiger partial charge < -0.3 is 14.6 Å². The van der Waals surface area contributed by atoms with Gasteiger partial charge in [0, 0.05) is 13.1 Å². The van der Waals surface area contributed by atoms with Crippen molar-refractivity contribution in [1.82, 2.24) is 4.90 Å². The normalized spacial score (nSPS) is 17.9. The molecule has 0 aromatic heterocycles. The molecule has 1 atom stereocenters. The first-order chi connectivity index (χ1) is 9.15. The fourth-order valence-corrected chi connectivity index (χ4v) is 2.04. The minimum absolute atomic E-state index is 0.216. The van der Waals surface area contributed by atoms with Gasteiger partial charge in [0.1, 0.15) is 6.04 Å². The first-order valence-electron chi connectivity index (χ1n) is 6.85. The zero-order valence-corrected chi connectivity index (χ0v) is 11.5. The van der Waals surface area contributed by atoms with Gasteiger partial charge in [-0.15, -0.1) is 0 Å². The molecule has 19 heavy (non-hydrogen) atoms. The van der Waals surface area contributed by atoms with Crippen LogP contribution in [0.15, 0.2) is 0 Å². The van der Waals surface area contributed by atoms with E-state index in [2.05, 4.69) is 6.92 Å². The Morgan fingerprint density at radius 3 is 2.58 bits per heavy atom. The quantitative estimate of drug-likeness (QED) is 0.523. The van der Waals surface area contributed by atoms with E-state index in [9.17, 15) is 9.59 Å². The third-order valence-corrected chi connectivity index (χ3v) is 3.12. The van der Waals surface area contributed by atoms with Crippen LogP contribution in [-0.2, 0) is 19.1 Å². The van der Waals surface area contributed by atoms with Gasteiger partial charge in [-0.1, -0.05) is 19.8 Å². The number of carbonyl (C=O) groups excluding carboxylic acids is 1. The van der Waals surface area contributed by atoms with E-state index < -0.39 is 18.0 Å². The van der Waals surface area contributed by atoms with E-state index in [1.165, 1.54) is 0 Å².